The highest BCUT2D eigenvalue weighted by atomic mass is 19.4. The highest BCUT2D eigenvalue weighted by molar-refractivity contribution is 5.96. The van der Waals surface area contributed by atoms with Gasteiger partial charge in [0.1, 0.15) is 23.8 Å². The first kappa shape index (κ1) is 26.7. The summed E-state index contributed by atoms with van der Waals surface area (Å²) in [6.45, 7) is -0.644. The zero-order chi connectivity index (χ0) is 28.3. The van der Waals surface area contributed by atoms with Crippen molar-refractivity contribution in [2.75, 3.05) is 18.8 Å². The van der Waals surface area contributed by atoms with Crippen LogP contribution in [0.1, 0.15) is 35.2 Å². The normalized spacial score (nSPS) is 22.9. The number of aromatic nitrogens is 3. The molecule has 8 nitrogen and oxygen atoms in total. The van der Waals surface area contributed by atoms with Gasteiger partial charge in [-0.3, -0.25) is 9.59 Å². The van der Waals surface area contributed by atoms with E-state index < -0.39 is 89.7 Å². The highest BCUT2D eigenvalue weighted by Gasteiger charge is 2.46. The molecule has 1 unspecified atom stereocenters. The summed E-state index contributed by atoms with van der Waals surface area (Å²) >= 11 is 0. The lowest BCUT2D eigenvalue weighted by atomic mass is 10.1. The maximum atomic E-state index is 14.8. The number of amides is 2. The number of nitrogens with two attached hydrogens (primary N) is 1. The SMILES string of the molecule is Nc1ncnn2c(-c3cc(C(=O)N[C@@H]4CN(C(=O)C5CCC(F)(F)C5)C[C@@H]4F)ccc3F)cc(C(F)(F)F)c12. The van der Waals surface area contributed by atoms with Crippen LogP contribution in [0.25, 0.3) is 16.8 Å². The number of likely N-dealkylation sites (tertiary alicyclic amines) is 1. The first-order valence-corrected chi connectivity index (χ1v) is 11.9. The zero-order valence-corrected chi connectivity index (χ0v) is 20.0. The van der Waals surface area contributed by atoms with E-state index in [4.69, 9.17) is 5.73 Å². The molecule has 1 saturated carbocycles. The van der Waals surface area contributed by atoms with Crippen molar-refractivity contribution >= 4 is 23.1 Å². The van der Waals surface area contributed by atoms with Gasteiger partial charge in [0, 0.05) is 36.4 Å². The van der Waals surface area contributed by atoms with Gasteiger partial charge in [-0.2, -0.15) is 18.3 Å². The van der Waals surface area contributed by atoms with E-state index in [2.05, 4.69) is 15.4 Å². The van der Waals surface area contributed by atoms with Crippen LogP contribution in [0.5, 0.6) is 0 Å². The fraction of sp³-hybridized carbons (Fsp3) is 0.417. The lowest BCUT2D eigenvalue weighted by Crippen LogP contribution is -2.42. The van der Waals surface area contributed by atoms with Gasteiger partial charge < -0.3 is 16.0 Å². The standard InChI is InChI=1S/C24H21F7N6O2/c25-15-2-1-11(5-13(15)18-6-14(24(29,30)31)19-20(32)33-10-34-37(18)19)21(38)35-17-9-36(8-16(17)26)22(39)12-3-4-23(27,28)7-12/h1-2,5-6,10,12,16-17H,3-4,7-9H2,(H,35,38)(H2,32,33,34)/t12?,16-,17+/m0/s1. The van der Waals surface area contributed by atoms with Crippen molar-refractivity contribution in [2.45, 2.75) is 43.6 Å². The molecule has 2 amide bonds. The molecule has 0 radical (unpaired) electrons. The number of nitrogen functional groups attached to an aromatic ring is 1. The van der Waals surface area contributed by atoms with E-state index in [1.807, 2.05) is 0 Å². The lowest BCUT2D eigenvalue weighted by Gasteiger charge is -2.20. The Labute approximate surface area is 216 Å². The van der Waals surface area contributed by atoms with Crippen molar-refractivity contribution in [3.8, 4) is 11.3 Å². The summed E-state index contributed by atoms with van der Waals surface area (Å²) in [4.78, 5) is 30.2. The van der Waals surface area contributed by atoms with Gasteiger partial charge in [-0.1, -0.05) is 0 Å². The van der Waals surface area contributed by atoms with Gasteiger partial charge in [0.15, 0.2) is 5.82 Å². The topological polar surface area (TPSA) is 106 Å². The summed E-state index contributed by atoms with van der Waals surface area (Å²) in [5, 5.41) is 6.15. The number of nitrogens with one attached hydrogen (secondary N) is 1. The molecule has 15 heteroatoms. The molecular weight excluding hydrogens is 537 g/mol. The van der Waals surface area contributed by atoms with E-state index in [-0.39, 0.29) is 24.2 Å². The number of alkyl halides is 6. The van der Waals surface area contributed by atoms with E-state index in [1.165, 1.54) is 0 Å². The van der Waals surface area contributed by atoms with E-state index in [0.717, 1.165) is 33.9 Å². The molecule has 208 valence electrons. The maximum Gasteiger partial charge on any atom is 0.418 e. The molecule has 1 aliphatic carbocycles. The molecule has 5 rings (SSSR count). The Morgan fingerprint density at radius 3 is 2.56 bits per heavy atom. The van der Waals surface area contributed by atoms with Crippen LogP contribution in [-0.4, -0.2) is 62.5 Å². The minimum Gasteiger partial charge on any atom is -0.382 e. The number of carbonyl (C=O) groups is 2. The van der Waals surface area contributed by atoms with Crippen molar-refractivity contribution < 1.29 is 40.3 Å². The summed E-state index contributed by atoms with van der Waals surface area (Å²) in [6, 6.07) is 2.36. The summed E-state index contributed by atoms with van der Waals surface area (Å²) in [6.07, 6.45) is -6.73. The molecule has 39 heavy (non-hydrogen) atoms. The first-order valence-electron chi connectivity index (χ1n) is 11.9. The second-order valence-corrected chi connectivity index (χ2v) is 9.68. The van der Waals surface area contributed by atoms with Crippen LogP contribution in [-0.2, 0) is 11.0 Å². The molecule has 2 fully saturated rings. The van der Waals surface area contributed by atoms with Crippen LogP contribution in [0, 0.1) is 11.7 Å². The Hall–Kier alpha value is -3.91. The van der Waals surface area contributed by atoms with Crippen LogP contribution < -0.4 is 11.1 Å². The van der Waals surface area contributed by atoms with Crippen LogP contribution in [0.3, 0.4) is 0 Å². The third-order valence-electron chi connectivity index (χ3n) is 7.02. The molecule has 2 aliphatic rings. The molecule has 3 aromatic rings. The van der Waals surface area contributed by atoms with Gasteiger partial charge in [0.05, 0.1) is 23.8 Å². The number of carbonyl (C=O) groups excluding carboxylic acids is 2. The Kier molecular flexibility index (Phi) is 6.42. The number of hydrogen-bond acceptors (Lipinski definition) is 5. The Balaban J connectivity index is 1.38. The largest absolute Gasteiger partial charge is 0.418 e. The van der Waals surface area contributed by atoms with Crippen LogP contribution in [0.2, 0.25) is 0 Å². The van der Waals surface area contributed by atoms with Gasteiger partial charge >= 0.3 is 6.18 Å². The smallest absolute Gasteiger partial charge is 0.382 e. The minimum absolute atomic E-state index is 0.0181. The van der Waals surface area contributed by atoms with Gasteiger partial charge in [-0.05, 0) is 30.7 Å². The number of anilines is 1. The monoisotopic (exact) mass is 558 g/mol. The van der Waals surface area contributed by atoms with Crippen molar-refractivity contribution in [1.82, 2.24) is 24.8 Å². The van der Waals surface area contributed by atoms with Crippen molar-refractivity contribution in [2.24, 2.45) is 5.92 Å². The average molecular weight is 558 g/mol. The number of nitrogens with zero attached hydrogens (tertiary/aromatic N) is 4. The molecule has 0 spiro atoms. The van der Waals surface area contributed by atoms with E-state index in [0.29, 0.717) is 6.07 Å². The number of rotatable bonds is 4. The highest BCUT2D eigenvalue weighted by Crippen LogP contribution is 2.41. The van der Waals surface area contributed by atoms with Crippen molar-refractivity contribution in [3.63, 3.8) is 0 Å². The average Bonchev–Trinajstić information content (AvgIpc) is 3.54. The molecule has 1 aromatic carbocycles. The Morgan fingerprint density at radius 2 is 1.90 bits per heavy atom. The molecule has 3 N–H and O–H groups in total. The quantitative estimate of drug-likeness (QED) is 0.474. The van der Waals surface area contributed by atoms with E-state index in [9.17, 15) is 40.3 Å². The van der Waals surface area contributed by atoms with Gasteiger partial charge in [-0.15, -0.1) is 0 Å². The van der Waals surface area contributed by atoms with Crippen molar-refractivity contribution in [1.29, 1.82) is 0 Å². The Morgan fingerprint density at radius 1 is 1.15 bits per heavy atom. The molecule has 3 atom stereocenters. The van der Waals surface area contributed by atoms with Gasteiger partial charge in [0.2, 0.25) is 11.8 Å². The molecule has 3 heterocycles. The third kappa shape index (κ3) is 4.96. The molecule has 0 bridgehead atoms. The number of hydrogen-bond donors (Lipinski definition) is 2. The van der Waals surface area contributed by atoms with Crippen molar-refractivity contribution in [3.05, 3.63) is 47.5 Å². The van der Waals surface area contributed by atoms with Gasteiger partial charge in [-0.25, -0.2) is 27.1 Å². The molecule has 1 saturated heterocycles. The van der Waals surface area contributed by atoms with E-state index >= 15 is 0 Å². The summed E-state index contributed by atoms with van der Waals surface area (Å²) in [5.74, 6) is -6.83. The predicted octanol–water partition coefficient (Wildman–Crippen LogP) is 3.85. The second-order valence-electron chi connectivity index (χ2n) is 9.68. The Bertz CT molecular complexity index is 1460. The van der Waals surface area contributed by atoms with Crippen LogP contribution in [0.15, 0.2) is 30.6 Å². The first-order chi connectivity index (χ1) is 18.2. The zero-order valence-electron chi connectivity index (χ0n) is 20.0. The lowest BCUT2D eigenvalue weighted by molar-refractivity contribution is -0.136. The summed E-state index contributed by atoms with van der Waals surface area (Å²) in [5.41, 5.74) is 2.85. The maximum absolute atomic E-state index is 14.8. The van der Waals surface area contributed by atoms with Crippen LogP contribution >= 0.6 is 0 Å². The molecule has 2 aromatic heterocycles. The number of halogens is 7. The predicted molar refractivity (Wildman–Crippen MR) is 123 cm³/mol. The fourth-order valence-electron chi connectivity index (χ4n) is 5.09. The van der Waals surface area contributed by atoms with Gasteiger partial charge in [0.25, 0.3) is 5.91 Å². The molecule has 1 aliphatic heterocycles. The second kappa shape index (κ2) is 9.38. The number of fused-ring (bicyclic) bond motifs is 1. The summed E-state index contributed by atoms with van der Waals surface area (Å²) < 4.78 is 98.2. The molecular formula is C24H21F7N6O2. The fourth-order valence-corrected chi connectivity index (χ4v) is 5.09. The number of benzene rings is 1. The van der Waals surface area contributed by atoms with Crippen LogP contribution in [0.4, 0.5) is 36.6 Å². The van der Waals surface area contributed by atoms with E-state index in [1.54, 1.807) is 0 Å². The summed E-state index contributed by atoms with van der Waals surface area (Å²) in [7, 11) is 0. The minimum atomic E-state index is -4.87. The third-order valence-corrected chi connectivity index (χ3v) is 7.02.